The van der Waals surface area contributed by atoms with Crippen LogP contribution in [0, 0.1) is 0 Å². The number of rotatable bonds is 5. The first-order valence-corrected chi connectivity index (χ1v) is 5.76. The van der Waals surface area contributed by atoms with Gasteiger partial charge in [0.15, 0.2) is 0 Å². The molecule has 0 atom stereocenters. The van der Waals surface area contributed by atoms with Crippen molar-refractivity contribution in [1.29, 1.82) is 0 Å². The predicted molar refractivity (Wildman–Crippen MR) is 68.2 cm³/mol. The van der Waals surface area contributed by atoms with Crippen LogP contribution in [-0.4, -0.2) is 32.4 Å². The number of benzene rings is 1. The lowest BCUT2D eigenvalue weighted by atomic mass is 10.1. The van der Waals surface area contributed by atoms with Crippen molar-refractivity contribution in [3.05, 3.63) is 29.8 Å². The molecule has 0 radical (unpaired) electrons. The molecule has 1 aromatic rings. The summed E-state index contributed by atoms with van der Waals surface area (Å²) in [5, 5.41) is 2.75. The summed E-state index contributed by atoms with van der Waals surface area (Å²) in [6.45, 7) is 0.627. The Morgan fingerprint density at radius 2 is 2.19 bits per heavy atom. The molecule has 1 N–H and O–H groups in total. The second-order valence-electron chi connectivity index (χ2n) is 3.80. The molecular weight excluding hydrogens is 224 g/mol. The first-order chi connectivity index (χ1) is 7.63. The second-order valence-corrected chi connectivity index (χ2v) is 4.07. The molecule has 0 aromatic heterocycles. The number of carbonyl (C=O) groups excluding carboxylic acids is 1. The molecular formula is C12H17ClN2O. The molecule has 0 aliphatic rings. The van der Waals surface area contributed by atoms with Gasteiger partial charge in [-0.1, -0.05) is 12.1 Å². The quantitative estimate of drug-likeness (QED) is 0.794. The van der Waals surface area contributed by atoms with Gasteiger partial charge in [-0.3, -0.25) is 4.79 Å². The zero-order valence-corrected chi connectivity index (χ0v) is 10.4. The Balaban J connectivity index is 2.48. The zero-order valence-electron chi connectivity index (χ0n) is 9.66. The summed E-state index contributed by atoms with van der Waals surface area (Å²) in [4.78, 5) is 13.0. The summed E-state index contributed by atoms with van der Waals surface area (Å²) < 4.78 is 0. The minimum absolute atomic E-state index is 0.0255. The highest BCUT2D eigenvalue weighted by atomic mass is 35.5. The molecule has 0 spiro atoms. The molecule has 0 fully saturated rings. The van der Waals surface area contributed by atoms with Crippen LogP contribution in [0.1, 0.15) is 5.56 Å². The number of halogens is 1. The van der Waals surface area contributed by atoms with Crippen LogP contribution in [0.5, 0.6) is 0 Å². The van der Waals surface area contributed by atoms with Crippen LogP contribution < -0.4 is 10.2 Å². The van der Waals surface area contributed by atoms with E-state index in [1.54, 1.807) is 0 Å². The van der Waals surface area contributed by atoms with Crippen molar-refractivity contribution in [3.63, 3.8) is 0 Å². The molecule has 0 heterocycles. The number of nitrogens with one attached hydrogen (secondary N) is 1. The molecule has 16 heavy (non-hydrogen) atoms. The van der Waals surface area contributed by atoms with Crippen molar-refractivity contribution in [2.24, 2.45) is 0 Å². The minimum atomic E-state index is -0.120. The molecule has 0 aliphatic heterocycles. The molecule has 0 aliphatic carbocycles. The van der Waals surface area contributed by atoms with Crippen molar-refractivity contribution in [1.82, 2.24) is 5.32 Å². The van der Waals surface area contributed by atoms with Gasteiger partial charge in [-0.25, -0.2) is 0 Å². The van der Waals surface area contributed by atoms with Crippen LogP contribution in [0.25, 0.3) is 0 Å². The fraction of sp³-hybridized carbons (Fsp3) is 0.417. The molecule has 4 heteroatoms. The second kappa shape index (κ2) is 6.38. The third-order valence-electron chi connectivity index (χ3n) is 2.28. The van der Waals surface area contributed by atoms with Gasteiger partial charge in [0.1, 0.15) is 5.88 Å². The Bertz CT molecular complexity index is 353. The lowest BCUT2D eigenvalue weighted by Crippen LogP contribution is -2.26. The van der Waals surface area contributed by atoms with E-state index in [1.165, 1.54) is 11.3 Å². The van der Waals surface area contributed by atoms with Crippen molar-refractivity contribution in [2.45, 2.75) is 6.42 Å². The van der Waals surface area contributed by atoms with Gasteiger partial charge in [-0.15, -0.1) is 11.6 Å². The first kappa shape index (κ1) is 12.8. The average Bonchev–Trinajstić information content (AvgIpc) is 2.29. The van der Waals surface area contributed by atoms with Crippen LogP contribution >= 0.6 is 11.6 Å². The van der Waals surface area contributed by atoms with Crippen molar-refractivity contribution in [3.8, 4) is 0 Å². The van der Waals surface area contributed by atoms with Gasteiger partial charge in [-0.2, -0.15) is 0 Å². The van der Waals surface area contributed by atoms with Crippen molar-refractivity contribution >= 4 is 23.2 Å². The Hall–Kier alpha value is -1.22. The molecule has 0 bridgehead atoms. The summed E-state index contributed by atoms with van der Waals surface area (Å²) >= 11 is 5.38. The third-order valence-corrected chi connectivity index (χ3v) is 2.53. The normalized spacial score (nSPS) is 9.94. The fourth-order valence-electron chi connectivity index (χ4n) is 1.38. The predicted octanol–water partition coefficient (Wildman–Crippen LogP) is 1.65. The van der Waals surface area contributed by atoms with Gasteiger partial charge in [0, 0.05) is 26.3 Å². The number of hydrogen-bond acceptors (Lipinski definition) is 2. The maximum Gasteiger partial charge on any atom is 0.234 e. The number of hydrogen-bond donors (Lipinski definition) is 1. The number of amides is 1. The Morgan fingerprint density at radius 1 is 1.44 bits per heavy atom. The summed E-state index contributed by atoms with van der Waals surface area (Å²) in [6, 6.07) is 8.25. The van der Waals surface area contributed by atoms with E-state index >= 15 is 0 Å². The topological polar surface area (TPSA) is 32.3 Å². The van der Waals surface area contributed by atoms with E-state index in [0.29, 0.717) is 6.54 Å². The van der Waals surface area contributed by atoms with E-state index in [1.807, 2.05) is 20.2 Å². The lowest BCUT2D eigenvalue weighted by Gasteiger charge is -2.13. The van der Waals surface area contributed by atoms with E-state index < -0.39 is 0 Å². The van der Waals surface area contributed by atoms with Crippen molar-refractivity contribution in [2.75, 3.05) is 31.4 Å². The third kappa shape index (κ3) is 4.11. The molecule has 0 unspecified atom stereocenters. The monoisotopic (exact) mass is 240 g/mol. The van der Waals surface area contributed by atoms with Crippen LogP contribution in [0.4, 0.5) is 5.69 Å². The molecule has 1 rings (SSSR count). The summed E-state index contributed by atoms with van der Waals surface area (Å²) in [5.41, 5.74) is 2.38. The number of carbonyl (C=O) groups is 1. The summed E-state index contributed by atoms with van der Waals surface area (Å²) in [6.07, 6.45) is 0.824. The van der Waals surface area contributed by atoms with Gasteiger partial charge in [0.2, 0.25) is 5.91 Å². The molecule has 0 saturated carbocycles. The standard InChI is InChI=1S/C12H17ClN2O/c1-15(2)11-5-3-4-10(8-11)6-7-14-12(16)9-13/h3-5,8H,6-7,9H2,1-2H3,(H,14,16). The van der Waals surface area contributed by atoms with Crippen LogP contribution in [0.2, 0.25) is 0 Å². The Kier molecular flexibility index (Phi) is 5.12. The Labute approximate surface area is 101 Å². The molecule has 0 saturated heterocycles. The van der Waals surface area contributed by atoms with E-state index in [0.717, 1.165) is 6.42 Å². The largest absolute Gasteiger partial charge is 0.378 e. The highest BCUT2D eigenvalue weighted by molar-refractivity contribution is 6.27. The van der Waals surface area contributed by atoms with E-state index in [-0.39, 0.29) is 11.8 Å². The number of nitrogens with zero attached hydrogens (tertiary/aromatic N) is 1. The average molecular weight is 241 g/mol. The van der Waals surface area contributed by atoms with Crippen LogP contribution in [0.3, 0.4) is 0 Å². The smallest absolute Gasteiger partial charge is 0.234 e. The highest BCUT2D eigenvalue weighted by Crippen LogP contribution is 2.13. The summed E-state index contributed by atoms with van der Waals surface area (Å²) in [7, 11) is 4.02. The van der Waals surface area contributed by atoms with E-state index in [9.17, 15) is 4.79 Å². The van der Waals surface area contributed by atoms with E-state index in [2.05, 4.69) is 28.4 Å². The molecule has 1 amide bonds. The zero-order chi connectivity index (χ0) is 12.0. The van der Waals surface area contributed by atoms with Crippen LogP contribution in [0.15, 0.2) is 24.3 Å². The molecule has 88 valence electrons. The Morgan fingerprint density at radius 3 is 2.81 bits per heavy atom. The number of alkyl halides is 1. The minimum Gasteiger partial charge on any atom is -0.378 e. The highest BCUT2D eigenvalue weighted by Gasteiger charge is 2.00. The maximum absolute atomic E-state index is 10.9. The first-order valence-electron chi connectivity index (χ1n) is 5.22. The maximum atomic E-state index is 10.9. The van der Waals surface area contributed by atoms with Gasteiger partial charge in [-0.05, 0) is 24.1 Å². The van der Waals surface area contributed by atoms with Gasteiger partial charge in [0.25, 0.3) is 0 Å². The molecule has 1 aromatic carbocycles. The van der Waals surface area contributed by atoms with Crippen LogP contribution in [-0.2, 0) is 11.2 Å². The lowest BCUT2D eigenvalue weighted by molar-refractivity contribution is -0.118. The number of anilines is 1. The SMILES string of the molecule is CN(C)c1cccc(CCNC(=O)CCl)c1. The van der Waals surface area contributed by atoms with Crippen molar-refractivity contribution < 1.29 is 4.79 Å². The van der Waals surface area contributed by atoms with Gasteiger partial charge >= 0.3 is 0 Å². The van der Waals surface area contributed by atoms with E-state index in [4.69, 9.17) is 11.6 Å². The van der Waals surface area contributed by atoms with Gasteiger partial charge < -0.3 is 10.2 Å². The molecule has 3 nitrogen and oxygen atoms in total. The summed E-state index contributed by atoms with van der Waals surface area (Å²) in [5.74, 6) is -0.0944. The fourth-order valence-corrected chi connectivity index (χ4v) is 1.48. The van der Waals surface area contributed by atoms with Gasteiger partial charge in [0.05, 0.1) is 0 Å².